The Morgan fingerprint density at radius 1 is 1.40 bits per heavy atom. The van der Waals surface area contributed by atoms with Gasteiger partial charge in [-0.1, -0.05) is 30.3 Å². The zero-order valence-electron chi connectivity index (χ0n) is 11.8. The fourth-order valence-corrected chi connectivity index (χ4v) is 2.59. The molecule has 2 atom stereocenters. The number of benzene rings is 1. The summed E-state index contributed by atoms with van der Waals surface area (Å²) in [4.78, 5) is 7.80. The van der Waals surface area contributed by atoms with E-state index in [4.69, 9.17) is 4.74 Å². The molecule has 0 aliphatic carbocycles. The number of aromatic amines is 1. The number of nitrogens with zero attached hydrogens (tertiary/aromatic N) is 1. The van der Waals surface area contributed by atoms with E-state index in [0.29, 0.717) is 12.1 Å². The monoisotopic (exact) mass is 271 g/mol. The Labute approximate surface area is 119 Å². The molecule has 0 bridgehead atoms. The van der Waals surface area contributed by atoms with E-state index in [0.717, 1.165) is 36.7 Å². The third-order valence-electron chi connectivity index (χ3n) is 3.81. The van der Waals surface area contributed by atoms with Gasteiger partial charge in [0.05, 0.1) is 6.10 Å². The van der Waals surface area contributed by atoms with Crippen LogP contribution in [0.2, 0.25) is 0 Å². The van der Waals surface area contributed by atoms with Gasteiger partial charge < -0.3 is 15.0 Å². The quantitative estimate of drug-likeness (QED) is 0.879. The first-order valence-corrected chi connectivity index (χ1v) is 7.27. The standard InChI is InChI=1S/C16H21N3O/c1-12(15-8-5-9-20-15)17-10-14-11-18-16(19-14)13-6-3-2-4-7-13/h2-4,6-7,11-12,15,17H,5,8-10H2,1H3,(H,18,19)/t12-,15-/m0/s1. The van der Waals surface area contributed by atoms with Crippen LogP contribution in [0, 0.1) is 0 Å². The Hall–Kier alpha value is -1.65. The fraction of sp³-hybridized carbons (Fsp3) is 0.438. The van der Waals surface area contributed by atoms with E-state index in [-0.39, 0.29) is 0 Å². The van der Waals surface area contributed by atoms with E-state index in [2.05, 4.69) is 34.3 Å². The molecule has 0 spiro atoms. The number of aromatic nitrogens is 2. The number of ether oxygens (including phenoxy) is 1. The maximum atomic E-state index is 5.69. The molecular weight excluding hydrogens is 250 g/mol. The molecule has 1 fully saturated rings. The van der Waals surface area contributed by atoms with Crippen molar-refractivity contribution >= 4 is 0 Å². The van der Waals surface area contributed by atoms with E-state index >= 15 is 0 Å². The predicted molar refractivity (Wildman–Crippen MR) is 79.3 cm³/mol. The lowest BCUT2D eigenvalue weighted by molar-refractivity contribution is 0.0831. The second-order valence-corrected chi connectivity index (χ2v) is 5.34. The Morgan fingerprint density at radius 2 is 2.25 bits per heavy atom. The van der Waals surface area contributed by atoms with Gasteiger partial charge in [-0.15, -0.1) is 0 Å². The summed E-state index contributed by atoms with van der Waals surface area (Å²) in [5, 5.41) is 3.51. The Balaban J connectivity index is 1.57. The largest absolute Gasteiger partial charge is 0.377 e. The van der Waals surface area contributed by atoms with Crippen molar-refractivity contribution in [2.45, 2.75) is 38.5 Å². The van der Waals surface area contributed by atoms with Crippen LogP contribution in [0.25, 0.3) is 11.4 Å². The highest BCUT2D eigenvalue weighted by atomic mass is 16.5. The lowest BCUT2D eigenvalue weighted by atomic mass is 10.1. The third kappa shape index (κ3) is 3.08. The van der Waals surface area contributed by atoms with Crippen molar-refractivity contribution in [3.05, 3.63) is 42.2 Å². The third-order valence-corrected chi connectivity index (χ3v) is 3.81. The minimum Gasteiger partial charge on any atom is -0.377 e. The zero-order valence-corrected chi connectivity index (χ0v) is 11.8. The van der Waals surface area contributed by atoms with Crippen molar-refractivity contribution in [1.29, 1.82) is 0 Å². The van der Waals surface area contributed by atoms with Crippen LogP contribution in [0.1, 0.15) is 25.5 Å². The molecule has 1 aliphatic heterocycles. The first kappa shape index (κ1) is 13.3. The first-order valence-electron chi connectivity index (χ1n) is 7.27. The van der Waals surface area contributed by atoms with Gasteiger partial charge in [0.2, 0.25) is 0 Å². The van der Waals surface area contributed by atoms with Crippen molar-refractivity contribution in [2.24, 2.45) is 0 Å². The number of hydrogen-bond acceptors (Lipinski definition) is 3. The van der Waals surface area contributed by atoms with Crippen LogP contribution in [0.5, 0.6) is 0 Å². The fourth-order valence-electron chi connectivity index (χ4n) is 2.59. The minimum absolute atomic E-state index is 0.353. The van der Waals surface area contributed by atoms with Crippen molar-refractivity contribution in [1.82, 2.24) is 15.3 Å². The molecule has 3 rings (SSSR count). The van der Waals surface area contributed by atoms with Gasteiger partial charge in [-0.25, -0.2) is 4.98 Å². The highest BCUT2D eigenvalue weighted by Gasteiger charge is 2.21. The van der Waals surface area contributed by atoms with E-state index in [1.54, 1.807) is 0 Å². The number of hydrogen-bond donors (Lipinski definition) is 2. The van der Waals surface area contributed by atoms with Gasteiger partial charge >= 0.3 is 0 Å². The molecule has 20 heavy (non-hydrogen) atoms. The van der Waals surface area contributed by atoms with Crippen LogP contribution in [-0.4, -0.2) is 28.7 Å². The maximum Gasteiger partial charge on any atom is 0.137 e. The molecule has 0 radical (unpaired) electrons. The van der Waals surface area contributed by atoms with Crippen molar-refractivity contribution < 1.29 is 4.74 Å². The van der Waals surface area contributed by atoms with Crippen molar-refractivity contribution in [2.75, 3.05) is 6.61 Å². The molecule has 1 aromatic heterocycles. The first-order chi connectivity index (χ1) is 9.83. The molecule has 4 heteroatoms. The van der Waals surface area contributed by atoms with Crippen molar-refractivity contribution in [3.8, 4) is 11.4 Å². The Morgan fingerprint density at radius 3 is 3.00 bits per heavy atom. The van der Waals surface area contributed by atoms with E-state index < -0.39 is 0 Å². The molecule has 4 nitrogen and oxygen atoms in total. The summed E-state index contributed by atoms with van der Waals surface area (Å²) in [5.41, 5.74) is 2.22. The smallest absolute Gasteiger partial charge is 0.137 e. The molecule has 106 valence electrons. The Bertz CT molecular complexity index is 532. The summed E-state index contributed by atoms with van der Waals surface area (Å²) in [6.45, 7) is 3.88. The van der Waals surface area contributed by atoms with Gasteiger partial charge in [-0.2, -0.15) is 0 Å². The average Bonchev–Trinajstić information content (AvgIpc) is 3.17. The van der Waals surface area contributed by atoms with E-state index in [9.17, 15) is 0 Å². The van der Waals surface area contributed by atoms with Gasteiger partial charge in [0.25, 0.3) is 0 Å². The normalized spacial score (nSPS) is 20.1. The van der Waals surface area contributed by atoms with Gasteiger partial charge in [0, 0.05) is 36.6 Å². The highest BCUT2D eigenvalue weighted by molar-refractivity contribution is 5.54. The van der Waals surface area contributed by atoms with Gasteiger partial charge in [-0.3, -0.25) is 0 Å². The number of imidazole rings is 1. The Kier molecular flexibility index (Phi) is 4.14. The summed E-state index contributed by atoms with van der Waals surface area (Å²) < 4.78 is 5.69. The van der Waals surface area contributed by atoms with Crippen LogP contribution in [0.15, 0.2) is 36.5 Å². The summed E-state index contributed by atoms with van der Waals surface area (Å²) in [7, 11) is 0. The van der Waals surface area contributed by atoms with Gasteiger partial charge in [0.1, 0.15) is 5.82 Å². The molecular formula is C16H21N3O. The molecule has 1 saturated heterocycles. The molecule has 0 unspecified atom stereocenters. The molecule has 1 aromatic carbocycles. The lowest BCUT2D eigenvalue weighted by Crippen LogP contribution is -2.36. The summed E-state index contributed by atoms with van der Waals surface area (Å²) in [5.74, 6) is 0.923. The summed E-state index contributed by atoms with van der Waals surface area (Å²) >= 11 is 0. The second kappa shape index (κ2) is 6.20. The SMILES string of the molecule is C[C@H](NCc1cnc(-c2ccccc2)[nH]1)[C@@H]1CCCO1. The zero-order chi connectivity index (χ0) is 13.8. The number of H-pyrrole nitrogens is 1. The van der Waals surface area contributed by atoms with E-state index in [1.165, 1.54) is 6.42 Å². The molecule has 2 aromatic rings. The predicted octanol–water partition coefficient (Wildman–Crippen LogP) is 2.73. The van der Waals surface area contributed by atoms with Crippen LogP contribution >= 0.6 is 0 Å². The molecule has 1 aliphatic rings. The summed E-state index contributed by atoms with van der Waals surface area (Å²) in [6.07, 6.45) is 4.59. The van der Waals surface area contributed by atoms with E-state index in [1.807, 2.05) is 24.4 Å². The minimum atomic E-state index is 0.353. The lowest BCUT2D eigenvalue weighted by Gasteiger charge is -2.19. The van der Waals surface area contributed by atoms with Crippen LogP contribution in [0.4, 0.5) is 0 Å². The van der Waals surface area contributed by atoms with Gasteiger partial charge in [-0.05, 0) is 19.8 Å². The average molecular weight is 271 g/mol. The second-order valence-electron chi connectivity index (χ2n) is 5.34. The topological polar surface area (TPSA) is 49.9 Å². The van der Waals surface area contributed by atoms with Crippen LogP contribution < -0.4 is 5.32 Å². The van der Waals surface area contributed by atoms with Crippen LogP contribution in [-0.2, 0) is 11.3 Å². The highest BCUT2D eigenvalue weighted by Crippen LogP contribution is 2.17. The molecule has 0 amide bonds. The maximum absolute atomic E-state index is 5.69. The molecule has 2 heterocycles. The molecule has 2 N–H and O–H groups in total. The number of rotatable bonds is 5. The van der Waals surface area contributed by atoms with Crippen LogP contribution in [0.3, 0.4) is 0 Å². The van der Waals surface area contributed by atoms with Crippen molar-refractivity contribution in [3.63, 3.8) is 0 Å². The number of nitrogens with one attached hydrogen (secondary N) is 2. The summed E-state index contributed by atoms with van der Waals surface area (Å²) in [6, 6.07) is 10.6. The van der Waals surface area contributed by atoms with Gasteiger partial charge in [0.15, 0.2) is 0 Å². The molecule has 0 saturated carbocycles.